The van der Waals surface area contributed by atoms with E-state index in [1.54, 1.807) is 7.11 Å². The van der Waals surface area contributed by atoms with Gasteiger partial charge in [-0.05, 0) is 92.8 Å². The van der Waals surface area contributed by atoms with Crippen molar-refractivity contribution in [1.82, 2.24) is 0 Å². The van der Waals surface area contributed by atoms with Gasteiger partial charge >= 0.3 is 0 Å². The molecule has 0 heterocycles. The molecule has 0 spiro atoms. The predicted octanol–water partition coefficient (Wildman–Crippen LogP) is 3.19. The first-order valence-electron chi connectivity index (χ1n) is 10.8. The van der Waals surface area contributed by atoms with Gasteiger partial charge in [-0.25, -0.2) is 0 Å². The van der Waals surface area contributed by atoms with Crippen LogP contribution in [-0.4, -0.2) is 41.9 Å². The Hall–Kier alpha value is -0.450. The van der Waals surface area contributed by atoms with E-state index in [0.717, 1.165) is 49.9 Å². The van der Waals surface area contributed by atoms with Crippen molar-refractivity contribution in [2.45, 2.75) is 70.3 Å². The summed E-state index contributed by atoms with van der Waals surface area (Å²) in [4.78, 5) is 12.3. The molecule has 26 heavy (non-hydrogen) atoms. The molecule has 4 aliphatic rings. The molecule has 0 aliphatic heterocycles. The molecule has 0 aromatic heterocycles. The number of methoxy groups -OCH3 is 1. The summed E-state index contributed by atoms with van der Waals surface area (Å²) < 4.78 is 5.28. The summed E-state index contributed by atoms with van der Waals surface area (Å²) in [7, 11) is 1.69. The topological polar surface area (TPSA) is 66.8 Å². The first-order chi connectivity index (χ1) is 12.4. The Labute approximate surface area is 157 Å². The zero-order valence-electron chi connectivity index (χ0n) is 16.5. The number of hydrogen-bond donors (Lipinski definition) is 2. The van der Waals surface area contributed by atoms with E-state index >= 15 is 0 Å². The largest absolute Gasteiger partial charge is 0.389 e. The van der Waals surface area contributed by atoms with Gasteiger partial charge in [0.05, 0.1) is 12.2 Å². The standard InChI is InChI=1S/C22H36O4/c1-21-9-7-16-15-8-10-22(25,13-26-2)11-14(15)3-4-17(16)18(21)5-6-19(21)20(24)12-23/h14-19,23,25H,3-13H2,1-2H3/t14-,15?,16-,17?,18+,19-,21+,22-/m1/s1. The number of aliphatic hydroxyl groups is 2. The molecular formula is C22H36O4. The zero-order chi connectivity index (χ0) is 18.5. The number of fused-ring (bicyclic) bond motifs is 5. The highest BCUT2D eigenvalue weighted by atomic mass is 16.5. The van der Waals surface area contributed by atoms with Crippen LogP contribution in [0.1, 0.15) is 64.7 Å². The zero-order valence-corrected chi connectivity index (χ0v) is 16.5. The van der Waals surface area contributed by atoms with Crippen LogP contribution in [-0.2, 0) is 9.53 Å². The van der Waals surface area contributed by atoms with Crippen molar-refractivity contribution in [2.24, 2.45) is 40.9 Å². The maximum atomic E-state index is 12.3. The van der Waals surface area contributed by atoms with Gasteiger partial charge in [0, 0.05) is 13.0 Å². The number of ether oxygens (including phenoxy) is 1. The molecule has 4 aliphatic carbocycles. The predicted molar refractivity (Wildman–Crippen MR) is 99.5 cm³/mol. The van der Waals surface area contributed by atoms with E-state index in [2.05, 4.69) is 6.92 Å². The average Bonchev–Trinajstić information content (AvgIpc) is 2.98. The molecule has 0 aromatic carbocycles. The number of rotatable bonds is 4. The summed E-state index contributed by atoms with van der Waals surface area (Å²) in [5, 5.41) is 20.2. The summed E-state index contributed by atoms with van der Waals surface area (Å²) in [5.74, 6) is 3.73. The fraction of sp³-hybridized carbons (Fsp3) is 0.955. The lowest BCUT2D eigenvalue weighted by molar-refractivity contribution is -0.138. The van der Waals surface area contributed by atoms with Gasteiger partial charge in [-0.3, -0.25) is 4.79 Å². The van der Waals surface area contributed by atoms with Gasteiger partial charge in [-0.2, -0.15) is 0 Å². The molecule has 0 radical (unpaired) electrons. The highest BCUT2D eigenvalue weighted by Gasteiger charge is 2.58. The second kappa shape index (κ2) is 6.86. The van der Waals surface area contributed by atoms with E-state index in [9.17, 15) is 15.0 Å². The molecule has 0 amide bonds. The third-order valence-corrected chi connectivity index (χ3v) is 9.06. The van der Waals surface area contributed by atoms with Crippen LogP contribution in [0.15, 0.2) is 0 Å². The Kier molecular flexibility index (Phi) is 4.98. The molecule has 2 unspecified atom stereocenters. The van der Waals surface area contributed by atoms with E-state index < -0.39 is 5.60 Å². The van der Waals surface area contributed by atoms with Crippen LogP contribution in [0.25, 0.3) is 0 Å². The van der Waals surface area contributed by atoms with Crippen molar-refractivity contribution in [3.8, 4) is 0 Å². The number of hydrogen-bond acceptors (Lipinski definition) is 4. The van der Waals surface area contributed by atoms with Crippen LogP contribution in [0.2, 0.25) is 0 Å². The molecule has 4 nitrogen and oxygen atoms in total. The van der Waals surface area contributed by atoms with Crippen LogP contribution in [0.3, 0.4) is 0 Å². The van der Waals surface area contributed by atoms with E-state index in [4.69, 9.17) is 4.74 Å². The number of aliphatic hydroxyl groups excluding tert-OH is 1. The quantitative estimate of drug-likeness (QED) is 0.804. The first-order valence-corrected chi connectivity index (χ1v) is 10.8. The molecular weight excluding hydrogens is 328 g/mol. The molecule has 4 rings (SSSR count). The minimum atomic E-state index is -0.613. The van der Waals surface area contributed by atoms with Crippen molar-refractivity contribution in [3.05, 3.63) is 0 Å². The van der Waals surface area contributed by atoms with Gasteiger partial charge in [0.2, 0.25) is 0 Å². The fourth-order valence-corrected chi connectivity index (χ4v) is 8.00. The van der Waals surface area contributed by atoms with Gasteiger partial charge in [0.25, 0.3) is 0 Å². The molecule has 0 bridgehead atoms. The van der Waals surface area contributed by atoms with Crippen LogP contribution in [0, 0.1) is 40.9 Å². The lowest BCUT2D eigenvalue weighted by Gasteiger charge is -2.57. The summed E-state index contributed by atoms with van der Waals surface area (Å²) in [6.45, 7) is 2.52. The molecule has 4 fully saturated rings. The lowest BCUT2D eigenvalue weighted by Crippen LogP contribution is -2.52. The highest BCUT2D eigenvalue weighted by molar-refractivity contribution is 5.83. The third-order valence-electron chi connectivity index (χ3n) is 9.06. The van der Waals surface area contributed by atoms with Crippen LogP contribution >= 0.6 is 0 Å². The van der Waals surface area contributed by atoms with E-state index in [0.29, 0.717) is 18.4 Å². The number of carbonyl (C=O) groups excluding carboxylic acids is 1. The second-order valence-electron chi connectivity index (χ2n) is 10.1. The van der Waals surface area contributed by atoms with Gasteiger partial charge in [0.1, 0.15) is 6.61 Å². The van der Waals surface area contributed by atoms with Gasteiger partial charge in [0.15, 0.2) is 5.78 Å². The Morgan fingerprint density at radius 3 is 2.54 bits per heavy atom. The Morgan fingerprint density at radius 1 is 1.04 bits per heavy atom. The number of Topliss-reactive ketones (excluding diaryl/α,β-unsaturated/α-hetero) is 1. The maximum Gasteiger partial charge on any atom is 0.161 e. The smallest absolute Gasteiger partial charge is 0.161 e. The summed E-state index contributed by atoms with van der Waals surface area (Å²) in [6.07, 6.45) is 9.91. The lowest BCUT2D eigenvalue weighted by atomic mass is 9.49. The third kappa shape index (κ3) is 2.87. The van der Waals surface area contributed by atoms with Crippen molar-refractivity contribution in [3.63, 3.8) is 0 Å². The van der Waals surface area contributed by atoms with Crippen LogP contribution in [0.5, 0.6) is 0 Å². The maximum absolute atomic E-state index is 12.3. The Morgan fingerprint density at radius 2 is 1.81 bits per heavy atom. The number of ketones is 1. The Balaban J connectivity index is 1.50. The normalized spacial score (nSPS) is 50.6. The molecule has 4 heteroatoms. The van der Waals surface area contributed by atoms with E-state index in [-0.39, 0.29) is 23.7 Å². The monoisotopic (exact) mass is 364 g/mol. The molecule has 0 saturated heterocycles. The first kappa shape index (κ1) is 18.9. The molecule has 4 saturated carbocycles. The molecule has 8 atom stereocenters. The molecule has 148 valence electrons. The van der Waals surface area contributed by atoms with Crippen molar-refractivity contribution in [1.29, 1.82) is 0 Å². The number of carbonyl (C=O) groups is 1. The summed E-state index contributed by atoms with van der Waals surface area (Å²) in [6, 6.07) is 0. The fourth-order valence-electron chi connectivity index (χ4n) is 8.00. The van der Waals surface area contributed by atoms with Crippen molar-refractivity contribution >= 4 is 5.78 Å². The van der Waals surface area contributed by atoms with Gasteiger partial charge in [-0.15, -0.1) is 0 Å². The average molecular weight is 365 g/mol. The van der Waals surface area contributed by atoms with Crippen molar-refractivity contribution in [2.75, 3.05) is 20.3 Å². The highest BCUT2D eigenvalue weighted by Crippen LogP contribution is 2.64. The Bertz CT molecular complexity index is 548. The summed E-state index contributed by atoms with van der Waals surface area (Å²) in [5.41, 5.74) is -0.503. The minimum Gasteiger partial charge on any atom is -0.389 e. The SMILES string of the molecule is COC[C@@]1(O)CCC2[C@H](CCC3[C@@H]2CC[C@]2(C)[C@@H](C(=O)CO)CC[C@@H]32)C1. The van der Waals surface area contributed by atoms with Crippen LogP contribution in [0.4, 0.5) is 0 Å². The van der Waals surface area contributed by atoms with Crippen molar-refractivity contribution < 1.29 is 19.7 Å². The minimum absolute atomic E-state index is 0.0735. The van der Waals surface area contributed by atoms with E-state index in [1.165, 1.54) is 25.7 Å². The van der Waals surface area contributed by atoms with E-state index in [1.807, 2.05) is 0 Å². The summed E-state index contributed by atoms with van der Waals surface area (Å²) >= 11 is 0. The molecule has 2 N–H and O–H groups in total. The molecule has 0 aromatic rings. The van der Waals surface area contributed by atoms with Gasteiger partial charge in [-0.1, -0.05) is 6.92 Å². The van der Waals surface area contributed by atoms with Gasteiger partial charge < -0.3 is 14.9 Å². The van der Waals surface area contributed by atoms with Crippen LogP contribution < -0.4 is 0 Å². The second-order valence-corrected chi connectivity index (χ2v) is 10.1.